The van der Waals surface area contributed by atoms with Gasteiger partial charge < -0.3 is 9.30 Å². The first-order valence-electron chi connectivity index (χ1n) is 6.70. The van der Waals surface area contributed by atoms with Crippen molar-refractivity contribution in [1.29, 1.82) is 0 Å². The minimum Gasteiger partial charge on any atom is -0.469 e. The molecule has 1 atom stereocenters. The van der Waals surface area contributed by atoms with Crippen LogP contribution in [0.5, 0.6) is 0 Å². The maximum atomic E-state index is 12.6. The van der Waals surface area contributed by atoms with Crippen molar-refractivity contribution in [3.05, 3.63) is 58.4 Å². The highest BCUT2D eigenvalue weighted by atomic mass is 35.5. The molecule has 0 bridgehead atoms. The average molecular weight is 304 g/mol. The summed E-state index contributed by atoms with van der Waals surface area (Å²) in [5, 5.41) is 0.446. The van der Waals surface area contributed by atoms with Gasteiger partial charge in [-0.05, 0) is 12.5 Å². The van der Waals surface area contributed by atoms with Crippen LogP contribution in [0.2, 0.25) is 5.02 Å². The van der Waals surface area contributed by atoms with Crippen LogP contribution < -0.4 is 0 Å². The first-order chi connectivity index (χ1) is 10.1. The first-order valence-corrected chi connectivity index (χ1v) is 7.07. The van der Waals surface area contributed by atoms with Gasteiger partial charge in [0.1, 0.15) is 5.92 Å². The normalized spacial score (nSPS) is 16.6. The number of esters is 1. The summed E-state index contributed by atoms with van der Waals surface area (Å²) in [6.07, 6.45) is 0.609. The Kier molecular flexibility index (Phi) is 3.55. The van der Waals surface area contributed by atoms with E-state index in [0.717, 1.165) is 0 Å². The molecule has 1 unspecified atom stereocenters. The number of aromatic nitrogens is 1. The van der Waals surface area contributed by atoms with Crippen molar-refractivity contribution < 1.29 is 14.3 Å². The second-order valence-corrected chi connectivity index (χ2v) is 5.38. The Morgan fingerprint density at radius 2 is 2.00 bits per heavy atom. The molecular formula is C16H14ClNO3. The molecule has 0 saturated heterocycles. The average Bonchev–Trinajstić information content (AvgIpc) is 3.08. The molecule has 0 fully saturated rings. The van der Waals surface area contributed by atoms with Crippen LogP contribution >= 0.6 is 11.6 Å². The van der Waals surface area contributed by atoms with Crippen LogP contribution in [0.15, 0.2) is 36.4 Å². The summed E-state index contributed by atoms with van der Waals surface area (Å²) in [4.78, 5) is 24.4. The second-order valence-electron chi connectivity index (χ2n) is 4.97. The molecule has 1 aromatic carbocycles. The van der Waals surface area contributed by atoms with Crippen molar-refractivity contribution in [2.24, 2.45) is 0 Å². The van der Waals surface area contributed by atoms with Crippen LogP contribution in [0, 0.1) is 0 Å². The number of rotatable bonds is 3. The highest BCUT2D eigenvalue weighted by molar-refractivity contribution is 6.32. The summed E-state index contributed by atoms with van der Waals surface area (Å²) < 4.78 is 6.64. The van der Waals surface area contributed by atoms with E-state index in [1.807, 2.05) is 22.8 Å². The number of fused-ring (bicyclic) bond motifs is 1. The smallest absolute Gasteiger partial charge is 0.314 e. The standard InChI is InChI=1S/C16H14ClNO3/c1-21-16(20)11-7-8-18-13(9-12(17)14(11)18)15(19)10-5-3-2-4-6-10/h2-6,9,11H,7-8H2,1H3. The van der Waals surface area contributed by atoms with Gasteiger partial charge in [-0.1, -0.05) is 41.9 Å². The number of halogens is 1. The van der Waals surface area contributed by atoms with Crippen LogP contribution in [0.1, 0.15) is 34.1 Å². The van der Waals surface area contributed by atoms with Crippen molar-refractivity contribution in [3.63, 3.8) is 0 Å². The molecule has 108 valence electrons. The third-order valence-electron chi connectivity index (χ3n) is 3.82. The van der Waals surface area contributed by atoms with Crippen molar-refractivity contribution in [2.75, 3.05) is 7.11 Å². The summed E-state index contributed by atoms with van der Waals surface area (Å²) in [6.45, 7) is 0.593. The van der Waals surface area contributed by atoms with Gasteiger partial charge in [0.2, 0.25) is 5.78 Å². The zero-order valence-corrected chi connectivity index (χ0v) is 12.3. The number of hydrogen-bond donors (Lipinski definition) is 0. The molecule has 0 amide bonds. The SMILES string of the molecule is COC(=O)C1CCn2c(C(=O)c3ccccc3)cc(Cl)c21. The van der Waals surface area contributed by atoms with Gasteiger partial charge in [0, 0.05) is 12.1 Å². The van der Waals surface area contributed by atoms with Crippen molar-refractivity contribution in [2.45, 2.75) is 18.9 Å². The minimum atomic E-state index is -0.389. The molecule has 0 N–H and O–H groups in total. The van der Waals surface area contributed by atoms with Gasteiger partial charge in [0.05, 0.1) is 23.5 Å². The van der Waals surface area contributed by atoms with Crippen LogP contribution in [0.25, 0.3) is 0 Å². The van der Waals surface area contributed by atoms with Crippen LogP contribution in [0.3, 0.4) is 0 Å². The molecule has 1 aliphatic rings. The number of ether oxygens (including phenoxy) is 1. The Bertz CT molecular complexity index is 706. The lowest BCUT2D eigenvalue weighted by molar-refractivity contribution is -0.142. The summed E-state index contributed by atoms with van der Waals surface area (Å²) in [7, 11) is 1.36. The molecular weight excluding hydrogens is 290 g/mol. The fourth-order valence-corrected chi connectivity index (χ4v) is 3.16. The van der Waals surface area contributed by atoms with E-state index in [0.29, 0.717) is 34.9 Å². The Hall–Kier alpha value is -2.07. The van der Waals surface area contributed by atoms with E-state index in [1.54, 1.807) is 18.2 Å². The molecule has 2 aromatic rings. The lowest BCUT2D eigenvalue weighted by atomic mass is 10.1. The Balaban J connectivity index is 2.02. The van der Waals surface area contributed by atoms with Gasteiger partial charge in [-0.3, -0.25) is 9.59 Å². The van der Waals surface area contributed by atoms with Gasteiger partial charge in [0.25, 0.3) is 0 Å². The van der Waals surface area contributed by atoms with Crippen LogP contribution in [-0.2, 0) is 16.1 Å². The number of methoxy groups -OCH3 is 1. The van der Waals surface area contributed by atoms with Gasteiger partial charge in [-0.25, -0.2) is 0 Å². The highest BCUT2D eigenvalue weighted by Crippen LogP contribution is 2.37. The van der Waals surface area contributed by atoms with E-state index in [2.05, 4.69) is 0 Å². The summed E-state index contributed by atoms with van der Waals surface area (Å²) in [5.74, 6) is -0.790. The third kappa shape index (κ3) is 2.25. The largest absolute Gasteiger partial charge is 0.469 e. The number of nitrogens with zero attached hydrogens (tertiary/aromatic N) is 1. The summed E-state index contributed by atoms with van der Waals surface area (Å²) in [5.41, 5.74) is 1.81. The highest BCUT2D eigenvalue weighted by Gasteiger charge is 2.35. The van der Waals surface area contributed by atoms with Crippen molar-refractivity contribution in [3.8, 4) is 0 Å². The fraction of sp³-hybridized carbons (Fsp3) is 0.250. The zero-order valence-electron chi connectivity index (χ0n) is 11.5. The molecule has 0 saturated carbocycles. The van der Waals surface area contributed by atoms with Gasteiger partial charge >= 0.3 is 5.97 Å². The number of carbonyl (C=O) groups is 2. The fourth-order valence-electron chi connectivity index (χ4n) is 2.82. The summed E-state index contributed by atoms with van der Waals surface area (Å²) >= 11 is 6.24. The maximum absolute atomic E-state index is 12.6. The number of hydrogen-bond acceptors (Lipinski definition) is 3. The van der Waals surface area contributed by atoms with E-state index in [-0.39, 0.29) is 17.7 Å². The molecule has 3 rings (SSSR count). The molecule has 0 radical (unpaired) electrons. The lowest BCUT2D eigenvalue weighted by Crippen LogP contribution is -2.12. The Labute approximate surface area is 127 Å². The first kappa shape index (κ1) is 13.9. The zero-order chi connectivity index (χ0) is 15.0. The number of ketones is 1. The number of benzene rings is 1. The molecule has 2 heterocycles. The molecule has 0 aliphatic carbocycles. The van der Waals surface area contributed by atoms with Crippen LogP contribution in [-0.4, -0.2) is 23.4 Å². The van der Waals surface area contributed by atoms with Gasteiger partial charge in [-0.15, -0.1) is 0 Å². The molecule has 5 heteroatoms. The quantitative estimate of drug-likeness (QED) is 0.647. The monoisotopic (exact) mass is 303 g/mol. The lowest BCUT2D eigenvalue weighted by Gasteiger charge is -2.07. The van der Waals surface area contributed by atoms with Crippen LogP contribution in [0.4, 0.5) is 0 Å². The molecule has 1 aromatic heterocycles. The predicted molar refractivity (Wildman–Crippen MR) is 78.7 cm³/mol. The van der Waals surface area contributed by atoms with E-state index >= 15 is 0 Å². The van der Waals surface area contributed by atoms with E-state index in [9.17, 15) is 9.59 Å². The van der Waals surface area contributed by atoms with Gasteiger partial charge in [-0.2, -0.15) is 0 Å². The predicted octanol–water partition coefficient (Wildman–Crippen LogP) is 3.03. The maximum Gasteiger partial charge on any atom is 0.314 e. The topological polar surface area (TPSA) is 48.3 Å². The Morgan fingerprint density at radius 3 is 2.67 bits per heavy atom. The van der Waals surface area contributed by atoms with E-state index in [4.69, 9.17) is 16.3 Å². The third-order valence-corrected chi connectivity index (χ3v) is 4.12. The summed E-state index contributed by atoms with van der Waals surface area (Å²) in [6, 6.07) is 10.7. The Morgan fingerprint density at radius 1 is 1.29 bits per heavy atom. The molecule has 1 aliphatic heterocycles. The molecule has 4 nitrogen and oxygen atoms in total. The number of carbonyl (C=O) groups excluding carboxylic acids is 2. The van der Waals surface area contributed by atoms with E-state index < -0.39 is 0 Å². The minimum absolute atomic E-state index is 0.0886. The molecule has 21 heavy (non-hydrogen) atoms. The van der Waals surface area contributed by atoms with E-state index in [1.165, 1.54) is 7.11 Å². The second kappa shape index (κ2) is 5.37. The molecule has 0 spiro atoms. The van der Waals surface area contributed by atoms with Crippen molar-refractivity contribution in [1.82, 2.24) is 4.57 Å². The van der Waals surface area contributed by atoms with Crippen molar-refractivity contribution >= 4 is 23.4 Å². The van der Waals surface area contributed by atoms with Gasteiger partial charge in [0.15, 0.2) is 0 Å².